The van der Waals surface area contributed by atoms with Crippen molar-refractivity contribution in [1.29, 1.82) is 0 Å². The van der Waals surface area contributed by atoms with E-state index in [0.29, 0.717) is 17.6 Å². The average Bonchev–Trinajstić information content (AvgIpc) is 2.44. The Morgan fingerprint density at radius 3 is 2.89 bits per heavy atom. The molecule has 19 heavy (non-hydrogen) atoms. The molecule has 0 spiro atoms. The SMILES string of the molecule is C#CCNC(=O)C(C)Oc1cc(OC)ccc1C=O. The molecular weight excluding hydrogens is 246 g/mol. The second-order valence-electron chi connectivity index (χ2n) is 3.70. The first-order chi connectivity index (χ1) is 9.12. The first-order valence-corrected chi connectivity index (χ1v) is 5.63. The van der Waals surface area contributed by atoms with E-state index in [1.807, 2.05) is 0 Å². The van der Waals surface area contributed by atoms with E-state index in [2.05, 4.69) is 11.2 Å². The Morgan fingerprint density at radius 2 is 2.32 bits per heavy atom. The molecule has 0 aliphatic carbocycles. The maximum atomic E-state index is 11.6. The fraction of sp³-hybridized carbons (Fsp3) is 0.286. The van der Waals surface area contributed by atoms with Crippen molar-refractivity contribution in [3.63, 3.8) is 0 Å². The van der Waals surface area contributed by atoms with Gasteiger partial charge in [0.25, 0.3) is 5.91 Å². The largest absolute Gasteiger partial charge is 0.497 e. The van der Waals surface area contributed by atoms with Gasteiger partial charge in [0.05, 0.1) is 19.2 Å². The predicted octanol–water partition coefficient (Wildman–Crippen LogP) is 1.02. The Balaban J connectivity index is 2.82. The number of benzene rings is 1. The highest BCUT2D eigenvalue weighted by Gasteiger charge is 2.16. The minimum atomic E-state index is -0.765. The summed E-state index contributed by atoms with van der Waals surface area (Å²) in [5.41, 5.74) is 0.345. The van der Waals surface area contributed by atoms with Gasteiger partial charge in [-0.2, -0.15) is 0 Å². The molecule has 0 fully saturated rings. The molecule has 1 aromatic carbocycles. The second kappa shape index (κ2) is 7.07. The summed E-state index contributed by atoms with van der Waals surface area (Å²) >= 11 is 0. The molecule has 1 amide bonds. The number of nitrogens with one attached hydrogen (secondary N) is 1. The molecule has 100 valence electrons. The van der Waals surface area contributed by atoms with Crippen LogP contribution in [0.4, 0.5) is 0 Å². The van der Waals surface area contributed by atoms with E-state index >= 15 is 0 Å². The van der Waals surface area contributed by atoms with Gasteiger partial charge in [-0.25, -0.2) is 0 Å². The van der Waals surface area contributed by atoms with Crippen LogP contribution >= 0.6 is 0 Å². The molecule has 5 nitrogen and oxygen atoms in total. The van der Waals surface area contributed by atoms with E-state index in [9.17, 15) is 9.59 Å². The average molecular weight is 261 g/mol. The van der Waals surface area contributed by atoms with Gasteiger partial charge in [0.2, 0.25) is 0 Å². The zero-order valence-electron chi connectivity index (χ0n) is 10.8. The van der Waals surface area contributed by atoms with Crippen molar-refractivity contribution in [3.05, 3.63) is 23.8 Å². The minimum Gasteiger partial charge on any atom is -0.497 e. The van der Waals surface area contributed by atoms with Crippen molar-refractivity contribution in [2.75, 3.05) is 13.7 Å². The van der Waals surface area contributed by atoms with Crippen molar-refractivity contribution in [1.82, 2.24) is 5.32 Å². The van der Waals surface area contributed by atoms with Crippen molar-refractivity contribution >= 4 is 12.2 Å². The molecule has 0 radical (unpaired) electrons. The van der Waals surface area contributed by atoms with Crippen LogP contribution in [0.5, 0.6) is 11.5 Å². The van der Waals surface area contributed by atoms with Gasteiger partial charge < -0.3 is 14.8 Å². The molecule has 5 heteroatoms. The van der Waals surface area contributed by atoms with E-state index in [4.69, 9.17) is 15.9 Å². The molecule has 1 N–H and O–H groups in total. The number of amides is 1. The summed E-state index contributed by atoms with van der Waals surface area (Å²) in [5, 5.41) is 2.50. The molecule has 0 saturated carbocycles. The van der Waals surface area contributed by atoms with Crippen LogP contribution in [0, 0.1) is 12.3 Å². The van der Waals surface area contributed by atoms with Gasteiger partial charge in [0.15, 0.2) is 12.4 Å². The van der Waals surface area contributed by atoms with Crippen LogP contribution in [0.2, 0.25) is 0 Å². The third kappa shape index (κ3) is 4.03. The molecule has 1 rings (SSSR count). The molecule has 1 atom stereocenters. The third-order valence-electron chi connectivity index (χ3n) is 2.39. The van der Waals surface area contributed by atoms with Gasteiger partial charge in [0, 0.05) is 6.07 Å². The summed E-state index contributed by atoms with van der Waals surface area (Å²) in [7, 11) is 1.50. The van der Waals surface area contributed by atoms with Gasteiger partial charge in [-0.05, 0) is 19.1 Å². The summed E-state index contributed by atoms with van der Waals surface area (Å²) in [6.45, 7) is 1.70. The number of methoxy groups -OCH3 is 1. The summed E-state index contributed by atoms with van der Waals surface area (Å²) in [6, 6.07) is 4.75. The molecule has 0 bridgehead atoms. The molecule has 1 aromatic rings. The van der Waals surface area contributed by atoms with Crippen LogP contribution in [-0.2, 0) is 4.79 Å². The lowest BCUT2D eigenvalue weighted by molar-refractivity contribution is -0.127. The fourth-order valence-electron chi connectivity index (χ4n) is 1.37. The third-order valence-corrected chi connectivity index (χ3v) is 2.39. The number of carbonyl (C=O) groups excluding carboxylic acids is 2. The molecule has 0 heterocycles. The lowest BCUT2D eigenvalue weighted by atomic mass is 10.2. The lowest BCUT2D eigenvalue weighted by Crippen LogP contribution is -2.36. The zero-order chi connectivity index (χ0) is 14.3. The van der Waals surface area contributed by atoms with Gasteiger partial charge in [0.1, 0.15) is 11.5 Å². The smallest absolute Gasteiger partial charge is 0.261 e. The van der Waals surface area contributed by atoms with Gasteiger partial charge in [-0.1, -0.05) is 5.92 Å². The number of hydrogen-bond acceptors (Lipinski definition) is 4. The lowest BCUT2D eigenvalue weighted by Gasteiger charge is -2.15. The standard InChI is InChI=1S/C14H15NO4/c1-4-7-15-14(17)10(2)19-13-8-12(18-3)6-5-11(13)9-16/h1,5-6,8-10H,7H2,2-3H3,(H,15,17). The van der Waals surface area contributed by atoms with E-state index in [0.717, 1.165) is 0 Å². The number of hydrogen-bond donors (Lipinski definition) is 1. The highest BCUT2D eigenvalue weighted by atomic mass is 16.5. The van der Waals surface area contributed by atoms with Crippen LogP contribution in [0.15, 0.2) is 18.2 Å². The Bertz CT molecular complexity index is 505. The molecule has 0 saturated heterocycles. The second-order valence-corrected chi connectivity index (χ2v) is 3.70. The van der Waals surface area contributed by atoms with Crippen molar-refractivity contribution < 1.29 is 19.1 Å². The number of terminal acetylenes is 1. The van der Waals surface area contributed by atoms with Crippen molar-refractivity contribution in [3.8, 4) is 23.8 Å². The van der Waals surface area contributed by atoms with E-state index < -0.39 is 6.10 Å². The Hall–Kier alpha value is -2.48. The maximum absolute atomic E-state index is 11.6. The van der Waals surface area contributed by atoms with Gasteiger partial charge in [-0.3, -0.25) is 9.59 Å². The molecule has 1 unspecified atom stereocenters. The van der Waals surface area contributed by atoms with Crippen LogP contribution in [0.3, 0.4) is 0 Å². The number of ether oxygens (including phenoxy) is 2. The number of carbonyl (C=O) groups is 2. The quantitative estimate of drug-likeness (QED) is 0.613. The summed E-state index contributed by atoms with van der Waals surface area (Å²) < 4.78 is 10.5. The van der Waals surface area contributed by atoms with Gasteiger partial charge in [-0.15, -0.1) is 6.42 Å². The molecule has 0 aliphatic heterocycles. The summed E-state index contributed by atoms with van der Waals surface area (Å²) in [4.78, 5) is 22.5. The van der Waals surface area contributed by atoms with Gasteiger partial charge >= 0.3 is 0 Å². The minimum absolute atomic E-state index is 0.130. The Labute approximate surface area is 111 Å². The van der Waals surface area contributed by atoms with Crippen molar-refractivity contribution in [2.24, 2.45) is 0 Å². The van der Waals surface area contributed by atoms with Crippen LogP contribution in [0.1, 0.15) is 17.3 Å². The fourth-order valence-corrected chi connectivity index (χ4v) is 1.37. The first-order valence-electron chi connectivity index (χ1n) is 5.63. The predicted molar refractivity (Wildman–Crippen MR) is 70.3 cm³/mol. The Morgan fingerprint density at radius 1 is 1.58 bits per heavy atom. The number of aldehydes is 1. The maximum Gasteiger partial charge on any atom is 0.261 e. The van der Waals surface area contributed by atoms with E-state index in [1.165, 1.54) is 7.11 Å². The van der Waals surface area contributed by atoms with Crippen LogP contribution in [-0.4, -0.2) is 32.0 Å². The number of rotatable bonds is 6. The topological polar surface area (TPSA) is 64.6 Å². The zero-order valence-corrected chi connectivity index (χ0v) is 10.8. The van der Waals surface area contributed by atoms with Crippen LogP contribution < -0.4 is 14.8 Å². The normalized spacial score (nSPS) is 11.0. The summed E-state index contributed by atoms with van der Waals surface area (Å²) in [6.07, 6.45) is 4.93. The highest BCUT2D eigenvalue weighted by Crippen LogP contribution is 2.24. The monoisotopic (exact) mass is 261 g/mol. The van der Waals surface area contributed by atoms with Crippen LogP contribution in [0.25, 0.3) is 0 Å². The van der Waals surface area contributed by atoms with E-state index in [-0.39, 0.29) is 18.2 Å². The Kier molecular flexibility index (Phi) is 5.42. The van der Waals surface area contributed by atoms with E-state index in [1.54, 1.807) is 25.1 Å². The highest BCUT2D eigenvalue weighted by molar-refractivity contribution is 5.83. The van der Waals surface area contributed by atoms with Crippen molar-refractivity contribution in [2.45, 2.75) is 13.0 Å². The molecule has 0 aromatic heterocycles. The summed E-state index contributed by atoms with van der Waals surface area (Å²) in [5.74, 6) is 2.77. The molecule has 0 aliphatic rings. The molecular formula is C14H15NO4. The first kappa shape index (κ1) is 14.6.